The van der Waals surface area contributed by atoms with E-state index in [4.69, 9.17) is 18.3 Å². The third-order valence-electron chi connectivity index (χ3n) is 9.22. The van der Waals surface area contributed by atoms with Gasteiger partial charge in [-0.1, -0.05) is 133 Å². The van der Waals surface area contributed by atoms with E-state index in [0.717, 1.165) is 35.5 Å². The van der Waals surface area contributed by atoms with Crippen LogP contribution in [0.4, 0.5) is 0 Å². The summed E-state index contributed by atoms with van der Waals surface area (Å²) in [6, 6.07) is 19.9. The maximum atomic E-state index is 13.0. The predicted octanol–water partition coefficient (Wildman–Crippen LogP) is 12.7. The maximum absolute atomic E-state index is 13.0. The minimum absolute atomic E-state index is 0.210. The number of rotatable bonds is 26. The van der Waals surface area contributed by atoms with Crippen molar-refractivity contribution in [1.82, 2.24) is 20.4 Å². The molecule has 5 rings (SSSR count). The number of ether oxygens (including phenoxy) is 2. The maximum Gasteiger partial charge on any atom is 0.343 e. The van der Waals surface area contributed by atoms with Gasteiger partial charge in [-0.3, -0.25) is 0 Å². The van der Waals surface area contributed by atoms with Crippen LogP contribution in [0.15, 0.2) is 92.1 Å². The fourth-order valence-electron chi connectivity index (χ4n) is 6.00. The van der Waals surface area contributed by atoms with E-state index >= 15 is 0 Å². The summed E-state index contributed by atoms with van der Waals surface area (Å²) in [5, 5.41) is 17.8. The molecule has 0 aliphatic heterocycles. The Labute approximate surface area is 339 Å². The Morgan fingerprint density at radius 1 is 0.500 bits per heavy atom. The Balaban J connectivity index is 1.03. The normalized spacial score (nSPS) is 11.2. The zero-order valence-corrected chi connectivity index (χ0v) is 34.3. The van der Waals surface area contributed by atoms with Crippen molar-refractivity contribution in [3.8, 4) is 34.4 Å². The minimum Gasteiger partial charge on any atom is -0.423 e. The highest BCUT2D eigenvalue weighted by Crippen LogP contribution is 2.28. The number of hydrogen-bond acceptors (Lipinski definition) is 12. The van der Waals surface area contributed by atoms with Gasteiger partial charge >= 0.3 is 11.9 Å². The second kappa shape index (κ2) is 24.3. The summed E-state index contributed by atoms with van der Waals surface area (Å²) >= 11 is 3.15. The lowest BCUT2D eigenvalue weighted by Gasteiger charge is -2.07. The molecule has 0 saturated heterocycles. The van der Waals surface area contributed by atoms with E-state index in [-0.39, 0.29) is 11.1 Å². The molecule has 0 spiro atoms. The van der Waals surface area contributed by atoms with Crippen molar-refractivity contribution in [2.75, 3.05) is 11.5 Å². The fraction of sp³-hybridized carbons (Fsp3) is 0.455. The summed E-state index contributed by atoms with van der Waals surface area (Å²) in [5.74, 6) is 2.17. The molecule has 0 aliphatic carbocycles. The summed E-state index contributed by atoms with van der Waals surface area (Å²) in [6.07, 6.45) is 20.4. The number of carbonyl (C=O) groups excluding carboxylic acids is 2. The predicted molar refractivity (Wildman–Crippen MR) is 222 cm³/mol. The molecule has 56 heavy (non-hydrogen) atoms. The Kier molecular flexibility index (Phi) is 18.5. The number of unbranched alkanes of at least 4 members (excludes halogenated alkanes) is 14. The molecule has 10 nitrogen and oxygen atoms in total. The van der Waals surface area contributed by atoms with Gasteiger partial charge in [0.2, 0.25) is 11.8 Å². The van der Waals surface area contributed by atoms with Crippen LogP contribution >= 0.6 is 23.5 Å². The number of thioether (sulfide) groups is 2. The largest absolute Gasteiger partial charge is 0.423 e. The van der Waals surface area contributed by atoms with Gasteiger partial charge in [0, 0.05) is 22.6 Å². The summed E-state index contributed by atoms with van der Waals surface area (Å²) in [4.78, 5) is 26.0. The topological polar surface area (TPSA) is 130 Å². The first-order valence-electron chi connectivity index (χ1n) is 20.2. The molecule has 0 saturated carbocycles. The number of nitrogens with zero attached hydrogens (tertiary/aromatic N) is 4. The molecule has 12 heteroatoms. The Morgan fingerprint density at radius 3 is 1.27 bits per heavy atom. The molecule has 5 aromatic rings. The van der Waals surface area contributed by atoms with Crippen molar-refractivity contribution in [2.45, 2.75) is 127 Å². The number of aromatic nitrogens is 4. The molecular weight excluding hydrogens is 745 g/mol. The van der Waals surface area contributed by atoms with Gasteiger partial charge in [-0.25, -0.2) is 9.59 Å². The lowest BCUT2D eigenvalue weighted by atomic mass is 10.1. The van der Waals surface area contributed by atoms with Crippen molar-refractivity contribution >= 4 is 35.5 Å². The highest BCUT2D eigenvalue weighted by Gasteiger charge is 2.16. The van der Waals surface area contributed by atoms with Gasteiger partial charge in [0.05, 0.1) is 11.1 Å². The van der Waals surface area contributed by atoms with Crippen LogP contribution in [0.3, 0.4) is 0 Å². The van der Waals surface area contributed by atoms with Gasteiger partial charge < -0.3 is 18.3 Å². The quantitative estimate of drug-likeness (QED) is 0.0228. The summed E-state index contributed by atoms with van der Waals surface area (Å²) in [6.45, 7) is 4.48. The van der Waals surface area contributed by atoms with E-state index in [9.17, 15) is 9.59 Å². The van der Waals surface area contributed by atoms with Crippen molar-refractivity contribution in [3.05, 3.63) is 83.9 Å². The van der Waals surface area contributed by atoms with Crippen LogP contribution in [0.2, 0.25) is 0 Å². The number of carbonyl (C=O) groups is 2. The molecule has 0 fully saturated rings. The van der Waals surface area contributed by atoms with Gasteiger partial charge in [0.25, 0.3) is 10.4 Å². The van der Waals surface area contributed by atoms with Crippen LogP contribution < -0.4 is 9.47 Å². The zero-order valence-electron chi connectivity index (χ0n) is 32.7. The lowest BCUT2D eigenvalue weighted by Crippen LogP contribution is -2.12. The van der Waals surface area contributed by atoms with Crippen molar-refractivity contribution in [3.63, 3.8) is 0 Å². The average molecular weight is 799 g/mol. The van der Waals surface area contributed by atoms with E-state index in [1.54, 1.807) is 90.3 Å². The van der Waals surface area contributed by atoms with Crippen LogP contribution in [0.1, 0.15) is 137 Å². The van der Waals surface area contributed by atoms with Crippen LogP contribution in [0, 0.1) is 0 Å². The molecule has 0 radical (unpaired) electrons. The molecule has 0 atom stereocenters. The average Bonchev–Trinajstić information content (AvgIpc) is 3.91. The Morgan fingerprint density at radius 2 is 0.875 bits per heavy atom. The molecule has 0 bridgehead atoms. The van der Waals surface area contributed by atoms with Crippen LogP contribution in [0.5, 0.6) is 11.5 Å². The van der Waals surface area contributed by atoms with Crippen molar-refractivity contribution in [1.29, 1.82) is 0 Å². The van der Waals surface area contributed by atoms with Gasteiger partial charge in [-0.2, -0.15) is 0 Å². The fourth-order valence-corrected chi connectivity index (χ4v) is 7.52. The number of hydrogen-bond donors (Lipinski definition) is 0. The Hall–Kier alpha value is -4.42. The first kappa shape index (κ1) is 42.7. The van der Waals surface area contributed by atoms with Crippen LogP contribution in [-0.2, 0) is 0 Å². The van der Waals surface area contributed by atoms with Gasteiger partial charge in [-0.15, -0.1) is 20.4 Å². The monoisotopic (exact) mass is 798 g/mol. The van der Waals surface area contributed by atoms with Gasteiger partial charge in [0.15, 0.2) is 0 Å². The standard InChI is InChI=1S/C44H54N4O6S2/c1-3-5-7-9-11-13-15-17-30-55-43-47-45-39(53-43)33-22-26-37(27-23-33)51-41(49)35-20-19-21-36(32-35)42(50)52-38-28-24-34(25-29-38)40-46-48-44(54-40)56-31-18-16-14-12-10-8-6-4-2/h19-29,32H,3-18,30-31H2,1-2H3. The van der Waals surface area contributed by atoms with Crippen molar-refractivity contribution in [2.24, 2.45) is 0 Å². The third kappa shape index (κ3) is 14.6. The highest BCUT2D eigenvalue weighted by molar-refractivity contribution is 7.99. The zero-order chi connectivity index (χ0) is 39.2. The molecule has 2 heterocycles. The van der Waals surface area contributed by atoms with E-state index in [1.165, 1.54) is 96.0 Å². The third-order valence-corrected chi connectivity index (χ3v) is 11.0. The molecule has 2 aromatic heterocycles. The minimum atomic E-state index is -0.607. The number of benzene rings is 3. The molecule has 298 valence electrons. The molecule has 0 unspecified atom stereocenters. The van der Waals surface area contributed by atoms with Crippen LogP contribution in [-0.4, -0.2) is 43.8 Å². The number of esters is 2. The first-order valence-corrected chi connectivity index (χ1v) is 22.2. The van der Waals surface area contributed by atoms with Crippen LogP contribution in [0.25, 0.3) is 22.9 Å². The second-order valence-corrected chi connectivity index (χ2v) is 15.9. The van der Waals surface area contributed by atoms with E-state index in [2.05, 4.69) is 34.2 Å². The summed E-state index contributed by atoms with van der Waals surface area (Å²) in [7, 11) is 0. The Bertz CT molecular complexity index is 1760. The molecular formula is C44H54N4O6S2. The van der Waals surface area contributed by atoms with E-state index < -0.39 is 11.9 Å². The molecule has 0 aliphatic rings. The van der Waals surface area contributed by atoms with E-state index in [1.807, 2.05) is 0 Å². The first-order chi connectivity index (χ1) is 27.5. The summed E-state index contributed by atoms with van der Waals surface area (Å²) < 4.78 is 22.9. The SMILES string of the molecule is CCCCCCCCCCSc1nnc(-c2ccc(OC(=O)c3cccc(C(=O)Oc4ccc(-c5nnc(SCCCCCCCCCC)o5)cc4)c3)cc2)o1. The van der Waals surface area contributed by atoms with Gasteiger partial charge in [-0.05, 0) is 79.6 Å². The van der Waals surface area contributed by atoms with Gasteiger partial charge in [0.1, 0.15) is 11.5 Å². The van der Waals surface area contributed by atoms with E-state index in [0.29, 0.717) is 33.7 Å². The second-order valence-electron chi connectivity index (χ2n) is 13.8. The molecule has 3 aromatic carbocycles. The highest BCUT2D eigenvalue weighted by atomic mass is 32.2. The van der Waals surface area contributed by atoms with Crippen molar-refractivity contribution < 1.29 is 27.9 Å². The molecule has 0 amide bonds. The smallest absolute Gasteiger partial charge is 0.343 e. The molecule has 0 N–H and O–H groups in total. The lowest BCUT2D eigenvalue weighted by molar-refractivity contribution is 0.0734. The summed E-state index contributed by atoms with van der Waals surface area (Å²) in [5.41, 5.74) is 1.86.